The molecule has 0 saturated carbocycles. The van der Waals surface area contributed by atoms with Crippen LogP contribution in [-0.4, -0.2) is 27.9 Å². The maximum atomic E-state index is 12.5. The van der Waals surface area contributed by atoms with Gasteiger partial charge in [-0.3, -0.25) is 14.9 Å². The first-order valence-corrected chi connectivity index (χ1v) is 8.67. The van der Waals surface area contributed by atoms with Gasteiger partial charge in [0.25, 0.3) is 5.91 Å². The van der Waals surface area contributed by atoms with Crippen LogP contribution < -0.4 is 10.6 Å². The van der Waals surface area contributed by atoms with Crippen LogP contribution in [0.5, 0.6) is 0 Å². The van der Waals surface area contributed by atoms with E-state index in [-0.39, 0.29) is 17.7 Å². The summed E-state index contributed by atoms with van der Waals surface area (Å²) in [5.74, 6) is -0.960. The molecule has 2 aromatic carbocycles. The van der Waals surface area contributed by atoms with Crippen molar-refractivity contribution in [3.8, 4) is 10.6 Å². The van der Waals surface area contributed by atoms with E-state index >= 15 is 0 Å². The lowest BCUT2D eigenvalue weighted by molar-refractivity contribution is -0.113. The summed E-state index contributed by atoms with van der Waals surface area (Å²) in [5, 5.41) is 14.5. The lowest BCUT2D eigenvalue weighted by Crippen LogP contribution is -2.18. The zero-order chi connectivity index (χ0) is 17.6. The molecule has 8 heteroatoms. The molecular formula is C17H13ClN4O2S. The summed E-state index contributed by atoms with van der Waals surface area (Å²) in [6, 6.07) is 16.2. The van der Waals surface area contributed by atoms with E-state index in [1.807, 2.05) is 30.3 Å². The number of halogens is 1. The number of rotatable bonds is 5. The first kappa shape index (κ1) is 17.1. The highest BCUT2D eigenvalue weighted by atomic mass is 35.5. The number of nitrogens with zero attached hydrogens (tertiary/aromatic N) is 2. The molecule has 6 nitrogen and oxygen atoms in total. The molecule has 2 N–H and O–H groups in total. The van der Waals surface area contributed by atoms with Crippen LogP contribution >= 0.6 is 22.9 Å². The minimum absolute atomic E-state index is 0.188. The third-order valence-corrected chi connectivity index (χ3v) is 4.36. The van der Waals surface area contributed by atoms with Gasteiger partial charge in [-0.25, -0.2) is 0 Å². The predicted octanol–water partition coefficient (Wildman–Crippen LogP) is 3.63. The number of para-hydroxylation sites is 1. The second-order valence-corrected chi connectivity index (χ2v) is 6.20. The molecular weight excluding hydrogens is 360 g/mol. The van der Waals surface area contributed by atoms with Crippen LogP contribution in [0.2, 0.25) is 0 Å². The molecule has 126 valence electrons. The summed E-state index contributed by atoms with van der Waals surface area (Å²) in [7, 11) is 0. The SMILES string of the molecule is O=C(CCl)Nc1ccccc1C(=O)Nc1nnc(-c2ccccc2)s1. The highest BCUT2D eigenvalue weighted by Gasteiger charge is 2.15. The van der Waals surface area contributed by atoms with Gasteiger partial charge in [0.1, 0.15) is 10.9 Å². The monoisotopic (exact) mass is 372 g/mol. The summed E-state index contributed by atoms with van der Waals surface area (Å²) < 4.78 is 0. The number of nitrogens with one attached hydrogen (secondary N) is 2. The fraction of sp³-hybridized carbons (Fsp3) is 0.0588. The molecule has 3 rings (SSSR count). The topological polar surface area (TPSA) is 84.0 Å². The van der Waals surface area contributed by atoms with Gasteiger partial charge in [0, 0.05) is 5.56 Å². The molecule has 0 spiro atoms. The van der Waals surface area contributed by atoms with Crippen LogP contribution in [-0.2, 0) is 4.79 Å². The first-order valence-electron chi connectivity index (χ1n) is 7.32. The molecule has 0 atom stereocenters. The van der Waals surface area contributed by atoms with Crippen molar-refractivity contribution >= 4 is 45.6 Å². The quantitative estimate of drug-likeness (QED) is 0.670. The number of carbonyl (C=O) groups is 2. The number of benzene rings is 2. The van der Waals surface area contributed by atoms with Crippen molar-refractivity contribution in [2.45, 2.75) is 0 Å². The van der Waals surface area contributed by atoms with Gasteiger partial charge in [-0.1, -0.05) is 53.8 Å². The van der Waals surface area contributed by atoms with Crippen molar-refractivity contribution in [3.63, 3.8) is 0 Å². The molecule has 1 heterocycles. The Bertz CT molecular complexity index is 898. The van der Waals surface area contributed by atoms with Gasteiger partial charge in [0.15, 0.2) is 0 Å². The smallest absolute Gasteiger partial charge is 0.259 e. The van der Waals surface area contributed by atoms with Crippen molar-refractivity contribution in [1.29, 1.82) is 0 Å². The normalized spacial score (nSPS) is 10.3. The summed E-state index contributed by atoms with van der Waals surface area (Å²) in [5.41, 5.74) is 1.63. The lowest BCUT2D eigenvalue weighted by Gasteiger charge is -2.09. The van der Waals surface area contributed by atoms with Gasteiger partial charge in [-0.15, -0.1) is 21.8 Å². The zero-order valence-electron chi connectivity index (χ0n) is 12.9. The molecule has 0 aliphatic heterocycles. The molecule has 0 aliphatic carbocycles. The van der Waals surface area contributed by atoms with E-state index in [1.165, 1.54) is 11.3 Å². The second kappa shape index (κ2) is 7.87. The van der Waals surface area contributed by atoms with E-state index in [0.717, 1.165) is 5.56 Å². The molecule has 0 fully saturated rings. The average molecular weight is 373 g/mol. The molecule has 0 bridgehead atoms. The molecule has 25 heavy (non-hydrogen) atoms. The summed E-state index contributed by atoms with van der Waals surface area (Å²) in [4.78, 5) is 24.0. The number of alkyl halides is 1. The Hall–Kier alpha value is -2.77. The van der Waals surface area contributed by atoms with Gasteiger partial charge in [0.2, 0.25) is 11.0 Å². The predicted molar refractivity (Wildman–Crippen MR) is 99.1 cm³/mol. The van der Waals surface area contributed by atoms with Gasteiger partial charge in [-0.05, 0) is 12.1 Å². The Labute approximate surface area is 152 Å². The molecule has 0 unspecified atom stereocenters. The number of aromatic nitrogens is 2. The van der Waals surface area contributed by atoms with Crippen molar-refractivity contribution in [3.05, 3.63) is 60.2 Å². The summed E-state index contributed by atoms with van der Waals surface area (Å²) in [6.07, 6.45) is 0. The van der Waals surface area contributed by atoms with Crippen LogP contribution in [0.1, 0.15) is 10.4 Å². The van der Waals surface area contributed by atoms with E-state index in [4.69, 9.17) is 11.6 Å². The lowest BCUT2D eigenvalue weighted by atomic mass is 10.1. The van der Waals surface area contributed by atoms with Gasteiger partial charge < -0.3 is 5.32 Å². The maximum Gasteiger partial charge on any atom is 0.259 e. The Kier molecular flexibility index (Phi) is 5.37. The van der Waals surface area contributed by atoms with E-state index < -0.39 is 0 Å². The van der Waals surface area contributed by atoms with Crippen LogP contribution in [0.3, 0.4) is 0 Å². The second-order valence-electron chi connectivity index (χ2n) is 4.96. The Morgan fingerprint density at radius 3 is 2.44 bits per heavy atom. The number of anilines is 2. The number of hydrogen-bond donors (Lipinski definition) is 2. The van der Waals surface area contributed by atoms with Crippen LogP contribution in [0, 0.1) is 0 Å². The zero-order valence-corrected chi connectivity index (χ0v) is 14.5. The van der Waals surface area contributed by atoms with Crippen molar-refractivity contribution < 1.29 is 9.59 Å². The maximum absolute atomic E-state index is 12.5. The Morgan fingerprint density at radius 2 is 1.68 bits per heavy atom. The molecule has 3 aromatic rings. The number of carbonyl (C=O) groups excluding carboxylic acids is 2. The van der Waals surface area contributed by atoms with Gasteiger partial charge in [-0.2, -0.15) is 0 Å². The fourth-order valence-electron chi connectivity index (χ4n) is 2.11. The van der Waals surface area contributed by atoms with Crippen LogP contribution in [0.15, 0.2) is 54.6 Å². The number of amides is 2. The highest BCUT2D eigenvalue weighted by molar-refractivity contribution is 7.18. The summed E-state index contributed by atoms with van der Waals surface area (Å²) in [6.45, 7) is 0. The Morgan fingerprint density at radius 1 is 0.960 bits per heavy atom. The fourth-order valence-corrected chi connectivity index (χ4v) is 2.92. The van der Waals surface area contributed by atoms with Crippen molar-refractivity contribution in [2.75, 3.05) is 16.5 Å². The first-order chi connectivity index (χ1) is 12.2. The Balaban J connectivity index is 1.77. The van der Waals surface area contributed by atoms with Crippen LogP contribution in [0.25, 0.3) is 10.6 Å². The van der Waals surface area contributed by atoms with Gasteiger partial charge in [0.05, 0.1) is 11.3 Å². The minimum Gasteiger partial charge on any atom is -0.324 e. The molecule has 2 amide bonds. The summed E-state index contributed by atoms with van der Waals surface area (Å²) >= 11 is 6.77. The minimum atomic E-state index is -0.388. The van der Waals surface area contributed by atoms with E-state index in [2.05, 4.69) is 20.8 Å². The molecule has 1 aromatic heterocycles. The highest BCUT2D eigenvalue weighted by Crippen LogP contribution is 2.26. The van der Waals surface area contributed by atoms with Crippen molar-refractivity contribution in [1.82, 2.24) is 10.2 Å². The molecule has 0 aliphatic rings. The third-order valence-electron chi connectivity index (χ3n) is 3.23. The van der Waals surface area contributed by atoms with Gasteiger partial charge >= 0.3 is 0 Å². The molecule has 0 saturated heterocycles. The largest absolute Gasteiger partial charge is 0.324 e. The number of hydrogen-bond acceptors (Lipinski definition) is 5. The standard InChI is InChI=1S/C17H13ClN4O2S/c18-10-14(23)19-13-9-5-4-8-12(13)15(24)20-17-22-21-16(25-17)11-6-2-1-3-7-11/h1-9H,10H2,(H,19,23)(H,20,22,24). The third kappa shape index (κ3) is 4.20. The van der Waals surface area contributed by atoms with Crippen molar-refractivity contribution in [2.24, 2.45) is 0 Å². The van der Waals surface area contributed by atoms with Crippen LogP contribution in [0.4, 0.5) is 10.8 Å². The van der Waals surface area contributed by atoms with E-state index in [1.54, 1.807) is 24.3 Å². The molecule has 0 radical (unpaired) electrons. The van der Waals surface area contributed by atoms with E-state index in [9.17, 15) is 9.59 Å². The average Bonchev–Trinajstić information content (AvgIpc) is 3.11. The van der Waals surface area contributed by atoms with E-state index in [0.29, 0.717) is 21.4 Å².